The second-order valence-electron chi connectivity index (χ2n) is 4.47. The molecular weight excluding hydrogens is 247 g/mol. The maximum atomic E-state index is 13.2. The lowest BCUT2D eigenvalue weighted by Gasteiger charge is -2.12. The minimum atomic E-state index is -0.227. The van der Waals surface area contributed by atoms with Gasteiger partial charge in [0, 0.05) is 0 Å². The molecule has 94 valence electrons. The van der Waals surface area contributed by atoms with Crippen LogP contribution < -0.4 is 0 Å². The molecule has 0 fully saturated rings. The summed E-state index contributed by atoms with van der Waals surface area (Å²) in [5, 5.41) is -0.227. The molecule has 2 heteroatoms. The summed E-state index contributed by atoms with van der Waals surface area (Å²) in [5.74, 6) is -0.191. The van der Waals surface area contributed by atoms with E-state index >= 15 is 0 Å². The summed E-state index contributed by atoms with van der Waals surface area (Å²) in [4.78, 5) is 0. The number of alkyl halides is 1. The molecule has 0 spiro atoms. The average molecular weight is 263 g/mol. The molecule has 0 radical (unpaired) electrons. The Kier molecular flexibility index (Phi) is 4.03. The predicted octanol–water partition coefficient (Wildman–Crippen LogP) is 5.02. The summed E-state index contributed by atoms with van der Waals surface area (Å²) in [6.45, 7) is 3.87. The van der Waals surface area contributed by atoms with Gasteiger partial charge in [0.15, 0.2) is 0 Å². The molecule has 18 heavy (non-hydrogen) atoms. The van der Waals surface area contributed by atoms with Gasteiger partial charge in [0.1, 0.15) is 5.82 Å². The maximum Gasteiger partial charge on any atom is 0.126 e. The lowest BCUT2D eigenvalue weighted by molar-refractivity contribution is 0.617. The van der Waals surface area contributed by atoms with Crippen molar-refractivity contribution in [1.82, 2.24) is 0 Å². The van der Waals surface area contributed by atoms with Crippen LogP contribution in [-0.2, 0) is 6.42 Å². The van der Waals surface area contributed by atoms with Crippen molar-refractivity contribution in [3.05, 3.63) is 70.5 Å². The molecule has 0 aliphatic rings. The molecular formula is C16H16ClF. The molecule has 1 atom stereocenters. The van der Waals surface area contributed by atoms with Crippen LogP contribution in [0, 0.1) is 12.7 Å². The van der Waals surface area contributed by atoms with Gasteiger partial charge in [-0.3, -0.25) is 0 Å². The first-order chi connectivity index (χ1) is 8.61. The third kappa shape index (κ3) is 2.73. The summed E-state index contributed by atoms with van der Waals surface area (Å²) in [6.07, 6.45) is 1.02. The van der Waals surface area contributed by atoms with Gasteiger partial charge in [0.2, 0.25) is 0 Å². The quantitative estimate of drug-likeness (QED) is 0.681. The summed E-state index contributed by atoms with van der Waals surface area (Å²) >= 11 is 6.43. The number of rotatable bonds is 3. The van der Waals surface area contributed by atoms with Crippen molar-refractivity contribution in [2.24, 2.45) is 0 Å². The monoisotopic (exact) mass is 262 g/mol. The van der Waals surface area contributed by atoms with E-state index in [9.17, 15) is 4.39 Å². The predicted molar refractivity (Wildman–Crippen MR) is 74.7 cm³/mol. The van der Waals surface area contributed by atoms with E-state index in [4.69, 9.17) is 11.6 Å². The smallest absolute Gasteiger partial charge is 0.126 e. The highest BCUT2D eigenvalue weighted by Gasteiger charge is 2.11. The Labute approximate surface area is 112 Å². The van der Waals surface area contributed by atoms with Crippen LogP contribution >= 0.6 is 11.6 Å². The van der Waals surface area contributed by atoms with Crippen molar-refractivity contribution >= 4 is 11.6 Å². The van der Waals surface area contributed by atoms with Crippen LogP contribution in [0.15, 0.2) is 42.5 Å². The number of aryl methyl sites for hydroxylation is 2. The first-order valence-corrected chi connectivity index (χ1v) is 6.54. The molecule has 0 aliphatic heterocycles. The van der Waals surface area contributed by atoms with Gasteiger partial charge in [-0.15, -0.1) is 11.6 Å². The molecule has 1 unspecified atom stereocenters. The van der Waals surface area contributed by atoms with E-state index in [1.54, 1.807) is 19.1 Å². The number of hydrogen-bond donors (Lipinski definition) is 0. The Morgan fingerprint density at radius 1 is 1.06 bits per heavy atom. The molecule has 2 rings (SSSR count). The molecule has 0 aromatic heterocycles. The molecule has 0 nitrogen and oxygen atoms in total. The van der Waals surface area contributed by atoms with Crippen LogP contribution in [0.5, 0.6) is 0 Å². The van der Waals surface area contributed by atoms with E-state index in [0.29, 0.717) is 5.56 Å². The Morgan fingerprint density at radius 2 is 1.67 bits per heavy atom. The van der Waals surface area contributed by atoms with Crippen molar-refractivity contribution < 1.29 is 4.39 Å². The van der Waals surface area contributed by atoms with Crippen LogP contribution in [0.3, 0.4) is 0 Å². The first-order valence-electron chi connectivity index (χ1n) is 6.10. The van der Waals surface area contributed by atoms with Gasteiger partial charge < -0.3 is 0 Å². The summed E-state index contributed by atoms with van der Waals surface area (Å²) in [6, 6.07) is 13.3. The van der Waals surface area contributed by atoms with E-state index in [2.05, 4.69) is 19.1 Å². The fourth-order valence-corrected chi connectivity index (χ4v) is 2.22. The van der Waals surface area contributed by atoms with Gasteiger partial charge in [-0.2, -0.15) is 0 Å². The Hall–Kier alpha value is -1.34. The van der Waals surface area contributed by atoms with E-state index in [1.165, 1.54) is 11.6 Å². The van der Waals surface area contributed by atoms with Crippen molar-refractivity contribution in [2.75, 3.05) is 0 Å². The van der Waals surface area contributed by atoms with Gasteiger partial charge in [-0.1, -0.05) is 43.3 Å². The zero-order chi connectivity index (χ0) is 13.1. The van der Waals surface area contributed by atoms with Gasteiger partial charge in [0.25, 0.3) is 0 Å². The van der Waals surface area contributed by atoms with E-state index in [0.717, 1.165) is 17.5 Å². The molecule has 0 amide bonds. The van der Waals surface area contributed by atoms with Gasteiger partial charge in [-0.05, 0) is 41.7 Å². The van der Waals surface area contributed by atoms with E-state index in [1.807, 2.05) is 12.1 Å². The van der Waals surface area contributed by atoms with Crippen molar-refractivity contribution in [2.45, 2.75) is 25.6 Å². The lowest BCUT2D eigenvalue weighted by atomic mass is 10.0. The van der Waals surface area contributed by atoms with Crippen LogP contribution in [0.1, 0.15) is 34.6 Å². The highest BCUT2D eigenvalue weighted by molar-refractivity contribution is 6.22. The van der Waals surface area contributed by atoms with Crippen molar-refractivity contribution in [1.29, 1.82) is 0 Å². The number of hydrogen-bond acceptors (Lipinski definition) is 0. The van der Waals surface area contributed by atoms with Crippen molar-refractivity contribution in [3.8, 4) is 0 Å². The fourth-order valence-electron chi connectivity index (χ4n) is 1.94. The highest BCUT2D eigenvalue weighted by atomic mass is 35.5. The minimum absolute atomic E-state index is 0.191. The third-order valence-electron chi connectivity index (χ3n) is 3.16. The standard InChI is InChI=1S/C16H16ClF/c1-3-12-4-6-13(7-5-12)16(17)14-8-9-15(18)11(2)10-14/h4-10,16H,3H2,1-2H3. The van der Waals surface area contributed by atoms with Crippen LogP contribution in [-0.4, -0.2) is 0 Å². The van der Waals surface area contributed by atoms with Gasteiger partial charge in [-0.25, -0.2) is 4.39 Å². The Balaban J connectivity index is 2.28. The van der Waals surface area contributed by atoms with Crippen LogP contribution in [0.25, 0.3) is 0 Å². The molecule has 0 bridgehead atoms. The Morgan fingerprint density at radius 3 is 2.22 bits per heavy atom. The van der Waals surface area contributed by atoms with Crippen molar-refractivity contribution in [3.63, 3.8) is 0 Å². The summed E-state index contributed by atoms with van der Waals surface area (Å²) in [5.41, 5.74) is 3.89. The molecule has 0 saturated heterocycles. The largest absolute Gasteiger partial charge is 0.207 e. The second kappa shape index (κ2) is 5.53. The lowest BCUT2D eigenvalue weighted by Crippen LogP contribution is -1.95. The molecule has 0 saturated carbocycles. The van der Waals surface area contributed by atoms with Crippen LogP contribution in [0.2, 0.25) is 0 Å². The highest BCUT2D eigenvalue weighted by Crippen LogP contribution is 2.29. The summed E-state index contributed by atoms with van der Waals surface area (Å²) < 4.78 is 13.2. The van der Waals surface area contributed by atoms with Crippen LogP contribution in [0.4, 0.5) is 4.39 Å². The number of halogens is 2. The maximum absolute atomic E-state index is 13.2. The zero-order valence-electron chi connectivity index (χ0n) is 10.6. The first kappa shape index (κ1) is 13.1. The molecule has 0 aliphatic carbocycles. The second-order valence-corrected chi connectivity index (χ2v) is 4.90. The molecule has 0 heterocycles. The van der Waals surface area contributed by atoms with E-state index in [-0.39, 0.29) is 11.2 Å². The fraction of sp³-hybridized carbons (Fsp3) is 0.250. The van der Waals surface area contributed by atoms with Gasteiger partial charge >= 0.3 is 0 Å². The molecule has 2 aromatic carbocycles. The molecule has 0 N–H and O–H groups in total. The average Bonchev–Trinajstić information content (AvgIpc) is 2.41. The summed E-state index contributed by atoms with van der Waals surface area (Å²) in [7, 11) is 0. The Bertz CT molecular complexity index is 531. The minimum Gasteiger partial charge on any atom is -0.207 e. The SMILES string of the molecule is CCc1ccc(C(Cl)c2ccc(F)c(C)c2)cc1. The number of benzene rings is 2. The topological polar surface area (TPSA) is 0 Å². The van der Waals surface area contributed by atoms with E-state index < -0.39 is 0 Å². The molecule has 2 aromatic rings. The zero-order valence-corrected chi connectivity index (χ0v) is 11.3. The third-order valence-corrected chi connectivity index (χ3v) is 3.66. The normalized spacial score (nSPS) is 12.4. The van der Waals surface area contributed by atoms with Gasteiger partial charge in [0.05, 0.1) is 5.38 Å².